The van der Waals surface area contributed by atoms with Crippen LogP contribution in [0, 0.1) is 5.92 Å². The lowest BCUT2D eigenvalue weighted by atomic mass is 10.1. The van der Waals surface area contributed by atoms with Crippen molar-refractivity contribution in [2.45, 2.75) is 46.6 Å². The van der Waals surface area contributed by atoms with Crippen LogP contribution in [0.15, 0.2) is 24.4 Å². The van der Waals surface area contributed by atoms with E-state index >= 15 is 0 Å². The largest absolute Gasteiger partial charge is 0.355 e. The van der Waals surface area contributed by atoms with E-state index in [4.69, 9.17) is 10.7 Å². The number of anilines is 1. The van der Waals surface area contributed by atoms with Gasteiger partial charge in [-0.3, -0.25) is 0 Å². The molecule has 0 amide bonds. The third-order valence-electron chi connectivity index (χ3n) is 4.03. The molecule has 21 heavy (non-hydrogen) atoms. The smallest absolute Gasteiger partial charge is 0.151 e. The Morgan fingerprint density at radius 3 is 2.67 bits per heavy atom. The van der Waals surface area contributed by atoms with Crippen molar-refractivity contribution in [2.24, 2.45) is 11.7 Å². The van der Waals surface area contributed by atoms with E-state index in [9.17, 15) is 0 Å². The summed E-state index contributed by atoms with van der Waals surface area (Å²) in [6.07, 6.45) is 4.12. The summed E-state index contributed by atoms with van der Waals surface area (Å²) in [5, 5.41) is 0. The van der Waals surface area contributed by atoms with Crippen molar-refractivity contribution in [3.8, 4) is 0 Å². The summed E-state index contributed by atoms with van der Waals surface area (Å²) in [6.45, 7) is 10.8. The van der Waals surface area contributed by atoms with E-state index < -0.39 is 0 Å². The highest BCUT2D eigenvalue weighted by Crippen LogP contribution is 2.24. The maximum Gasteiger partial charge on any atom is 0.151 e. The molecule has 0 aliphatic heterocycles. The molecule has 0 aromatic carbocycles. The molecule has 116 valence electrons. The number of nitrogens with two attached hydrogens (primary N) is 1. The van der Waals surface area contributed by atoms with Crippen LogP contribution in [0.2, 0.25) is 0 Å². The minimum absolute atomic E-state index is 0.131. The Morgan fingerprint density at radius 1 is 1.29 bits per heavy atom. The Morgan fingerprint density at radius 2 is 2.05 bits per heavy atom. The molecule has 2 aromatic heterocycles. The fourth-order valence-corrected chi connectivity index (χ4v) is 2.65. The zero-order valence-corrected chi connectivity index (χ0v) is 13.7. The van der Waals surface area contributed by atoms with Gasteiger partial charge in [0.15, 0.2) is 5.82 Å². The SMILES string of the molecule is CCC(C)CN(CC)c1nc2ccccn2c1CC(C)N. The van der Waals surface area contributed by atoms with Gasteiger partial charge in [-0.15, -0.1) is 0 Å². The van der Waals surface area contributed by atoms with Gasteiger partial charge in [0.2, 0.25) is 0 Å². The highest BCUT2D eigenvalue weighted by atomic mass is 15.2. The average molecular weight is 288 g/mol. The van der Waals surface area contributed by atoms with Crippen LogP contribution in [-0.4, -0.2) is 28.5 Å². The molecule has 0 saturated heterocycles. The van der Waals surface area contributed by atoms with Crippen molar-refractivity contribution in [3.05, 3.63) is 30.1 Å². The maximum absolute atomic E-state index is 6.05. The number of rotatable bonds is 7. The molecule has 2 atom stereocenters. The fourth-order valence-electron chi connectivity index (χ4n) is 2.65. The van der Waals surface area contributed by atoms with Crippen LogP contribution in [0.4, 0.5) is 5.82 Å². The molecule has 0 bridgehead atoms. The Kier molecular flexibility index (Phi) is 5.23. The minimum Gasteiger partial charge on any atom is -0.355 e. The number of imidazole rings is 1. The topological polar surface area (TPSA) is 46.6 Å². The highest BCUT2D eigenvalue weighted by Gasteiger charge is 2.19. The number of pyridine rings is 1. The molecule has 2 heterocycles. The van der Waals surface area contributed by atoms with Crippen molar-refractivity contribution in [3.63, 3.8) is 0 Å². The molecule has 0 radical (unpaired) electrons. The Hall–Kier alpha value is -1.55. The number of hydrogen-bond acceptors (Lipinski definition) is 3. The Balaban J connectivity index is 2.44. The Bertz CT molecular complexity index is 573. The van der Waals surface area contributed by atoms with Crippen molar-refractivity contribution < 1.29 is 0 Å². The number of nitrogens with zero attached hydrogens (tertiary/aromatic N) is 3. The van der Waals surface area contributed by atoms with Crippen LogP contribution in [0.3, 0.4) is 0 Å². The van der Waals surface area contributed by atoms with Gasteiger partial charge < -0.3 is 15.0 Å². The van der Waals surface area contributed by atoms with Gasteiger partial charge in [0.05, 0.1) is 5.69 Å². The molecule has 0 fully saturated rings. The van der Waals surface area contributed by atoms with Crippen molar-refractivity contribution in [1.82, 2.24) is 9.38 Å². The number of hydrogen-bond donors (Lipinski definition) is 1. The van der Waals surface area contributed by atoms with E-state index in [2.05, 4.69) is 49.3 Å². The summed E-state index contributed by atoms with van der Waals surface area (Å²) in [7, 11) is 0. The van der Waals surface area contributed by atoms with E-state index in [1.165, 1.54) is 12.1 Å². The van der Waals surface area contributed by atoms with Crippen LogP contribution in [0.1, 0.15) is 39.8 Å². The zero-order valence-electron chi connectivity index (χ0n) is 13.7. The van der Waals surface area contributed by atoms with E-state index in [0.717, 1.165) is 31.0 Å². The van der Waals surface area contributed by atoms with Gasteiger partial charge in [-0.1, -0.05) is 26.3 Å². The van der Waals surface area contributed by atoms with E-state index in [0.29, 0.717) is 5.92 Å². The summed E-state index contributed by atoms with van der Waals surface area (Å²) in [4.78, 5) is 7.25. The summed E-state index contributed by atoms with van der Waals surface area (Å²) >= 11 is 0. The second-order valence-corrected chi connectivity index (χ2v) is 6.04. The lowest BCUT2D eigenvalue weighted by Gasteiger charge is -2.25. The van der Waals surface area contributed by atoms with E-state index in [1.807, 2.05) is 12.1 Å². The average Bonchev–Trinajstić information content (AvgIpc) is 2.82. The summed E-state index contributed by atoms with van der Waals surface area (Å²) in [6, 6.07) is 6.28. The molecule has 2 N–H and O–H groups in total. The number of aromatic nitrogens is 2. The molecule has 4 nitrogen and oxygen atoms in total. The molecule has 2 unspecified atom stereocenters. The van der Waals surface area contributed by atoms with Gasteiger partial charge >= 0.3 is 0 Å². The molecule has 0 spiro atoms. The fraction of sp³-hybridized carbons (Fsp3) is 0.588. The van der Waals surface area contributed by atoms with Gasteiger partial charge in [-0.05, 0) is 31.9 Å². The van der Waals surface area contributed by atoms with Gasteiger partial charge in [0, 0.05) is 31.7 Å². The highest BCUT2D eigenvalue weighted by molar-refractivity contribution is 5.56. The minimum atomic E-state index is 0.131. The molecule has 0 saturated carbocycles. The zero-order chi connectivity index (χ0) is 15.4. The van der Waals surface area contributed by atoms with Gasteiger partial charge in [0.1, 0.15) is 5.65 Å². The molecule has 2 aromatic rings. The van der Waals surface area contributed by atoms with Gasteiger partial charge in [-0.2, -0.15) is 0 Å². The monoisotopic (exact) mass is 288 g/mol. The van der Waals surface area contributed by atoms with Crippen LogP contribution in [0.25, 0.3) is 5.65 Å². The first kappa shape index (κ1) is 15.8. The lowest BCUT2D eigenvalue weighted by molar-refractivity contribution is 0.544. The lowest BCUT2D eigenvalue weighted by Crippen LogP contribution is -2.30. The first-order valence-electron chi connectivity index (χ1n) is 8.03. The second-order valence-electron chi connectivity index (χ2n) is 6.04. The maximum atomic E-state index is 6.05. The molecule has 4 heteroatoms. The standard InChI is InChI=1S/C17H28N4/c1-5-13(3)12-20(6-2)17-15(11-14(4)18)21-10-8-7-9-16(21)19-17/h7-10,13-14H,5-6,11-12,18H2,1-4H3. The molecule has 0 aliphatic rings. The van der Waals surface area contributed by atoms with Crippen LogP contribution in [0.5, 0.6) is 0 Å². The summed E-state index contributed by atoms with van der Waals surface area (Å²) in [5.41, 5.74) is 8.29. The predicted octanol–water partition coefficient (Wildman–Crippen LogP) is 3.10. The molecule has 2 rings (SSSR count). The van der Waals surface area contributed by atoms with Crippen molar-refractivity contribution >= 4 is 11.5 Å². The van der Waals surface area contributed by atoms with E-state index in [1.54, 1.807) is 0 Å². The molecular formula is C17H28N4. The third kappa shape index (κ3) is 3.56. The predicted molar refractivity (Wildman–Crippen MR) is 89.9 cm³/mol. The third-order valence-corrected chi connectivity index (χ3v) is 4.03. The van der Waals surface area contributed by atoms with Crippen molar-refractivity contribution in [1.29, 1.82) is 0 Å². The molecule has 0 aliphatic carbocycles. The summed E-state index contributed by atoms with van der Waals surface area (Å²) < 4.78 is 2.18. The van der Waals surface area contributed by atoms with Crippen LogP contribution < -0.4 is 10.6 Å². The molecular weight excluding hydrogens is 260 g/mol. The normalized spacial score (nSPS) is 14.3. The van der Waals surface area contributed by atoms with Crippen LogP contribution >= 0.6 is 0 Å². The number of fused-ring (bicyclic) bond motifs is 1. The van der Waals surface area contributed by atoms with Gasteiger partial charge in [-0.25, -0.2) is 4.98 Å². The van der Waals surface area contributed by atoms with Gasteiger partial charge in [0.25, 0.3) is 0 Å². The van der Waals surface area contributed by atoms with Crippen molar-refractivity contribution in [2.75, 3.05) is 18.0 Å². The Labute approximate surface area is 128 Å². The second kappa shape index (κ2) is 6.94. The van der Waals surface area contributed by atoms with E-state index in [-0.39, 0.29) is 6.04 Å². The van der Waals surface area contributed by atoms with Crippen LogP contribution in [-0.2, 0) is 6.42 Å². The first-order chi connectivity index (χ1) is 10.1. The quantitative estimate of drug-likeness (QED) is 0.851. The first-order valence-corrected chi connectivity index (χ1v) is 8.03. The summed E-state index contributed by atoms with van der Waals surface area (Å²) in [5.74, 6) is 1.76.